The quantitative estimate of drug-likeness (QED) is 0.591. The summed E-state index contributed by atoms with van der Waals surface area (Å²) in [5.41, 5.74) is 2.73. The lowest BCUT2D eigenvalue weighted by Gasteiger charge is -2.05. The molecule has 2 nitrogen and oxygen atoms in total. The van der Waals surface area contributed by atoms with E-state index in [1.54, 1.807) is 6.20 Å². The van der Waals surface area contributed by atoms with Crippen LogP contribution in [-0.4, -0.2) is 11.3 Å². The summed E-state index contributed by atoms with van der Waals surface area (Å²) in [7, 11) is 0. The van der Waals surface area contributed by atoms with Crippen molar-refractivity contribution in [2.75, 3.05) is 0 Å². The van der Waals surface area contributed by atoms with Gasteiger partial charge in [-0.1, -0.05) is 38.1 Å². The van der Waals surface area contributed by atoms with Crippen LogP contribution in [0, 0.1) is 5.92 Å². The Hall–Kier alpha value is -1.96. The Morgan fingerprint density at radius 1 is 1.24 bits per heavy atom. The molecule has 0 N–H and O–H groups in total. The zero-order chi connectivity index (χ0) is 12.3. The number of nitrogens with zero attached hydrogens (tertiary/aromatic N) is 1. The van der Waals surface area contributed by atoms with Gasteiger partial charge in [0.1, 0.15) is 6.29 Å². The number of para-hydroxylation sites is 1. The number of carbonyl (C=O) groups excluding carboxylic acids is 1. The lowest BCUT2D eigenvalue weighted by molar-refractivity contribution is -0.105. The zero-order valence-electron chi connectivity index (χ0n) is 10.1. The van der Waals surface area contributed by atoms with Gasteiger partial charge in [-0.15, -0.1) is 0 Å². The average molecular weight is 225 g/mol. The molecule has 0 atom stereocenters. The second-order valence-electron chi connectivity index (χ2n) is 4.34. The molecule has 17 heavy (non-hydrogen) atoms. The van der Waals surface area contributed by atoms with Crippen LogP contribution in [0.1, 0.15) is 19.4 Å². The van der Waals surface area contributed by atoms with E-state index in [4.69, 9.17) is 0 Å². The summed E-state index contributed by atoms with van der Waals surface area (Å²) in [6.45, 7) is 4.03. The molecule has 0 unspecified atom stereocenters. The van der Waals surface area contributed by atoms with E-state index in [-0.39, 0.29) is 5.92 Å². The second kappa shape index (κ2) is 4.91. The molecule has 1 aromatic carbocycles. The fourth-order valence-corrected chi connectivity index (χ4v) is 1.76. The summed E-state index contributed by atoms with van der Waals surface area (Å²) >= 11 is 0. The van der Waals surface area contributed by atoms with Gasteiger partial charge in [-0.2, -0.15) is 0 Å². The summed E-state index contributed by atoms with van der Waals surface area (Å²) in [5.74, 6) is 0.228. The Balaban J connectivity index is 2.59. The molecule has 0 amide bonds. The van der Waals surface area contributed by atoms with Gasteiger partial charge >= 0.3 is 0 Å². The predicted molar refractivity (Wildman–Crippen MR) is 70.6 cm³/mol. The molecule has 2 rings (SSSR count). The van der Waals surface area contributed by atoms with Crippen molar-refractivity contribution in [2.24, 2.45) is 5.92 Å². The highest BCUT2D eigenvalue weighted by Crippen LogP contribution is 2.20. The van der Waals surface area contributed by atoms with Crippen molar-refractivity contribution < 1.29 is 4.79 Å². The molecule has 0 aliphatic carbocycles. The van der Waals surface area contributed by atoms with E-state index in [1.165, 1.54) is 0 Å². The van der Waals surface area contributed by atoms with E-state index >= 15 is 0 Å². The molecule has 0 aliphatic rings. The van der Waals surface area contributed by atoms with E-state index in [1.807, 2.05) is 50.3 Å². The molecule has 0 saturated carbocycles. The van der Waals surface area contributed by atoms with Crippen LogP contribution in [0.2, 0.25) is 0 Å². The van der Waals surface area contributed by atoms with Crippen LogP contribution in [0.15, 0.2) is 42.1 Å². The van der Waals surface area contributed by atoms with Crippen LogP contribution in [-0.2, 0) is 4.79 Å². The van der Waals surface area contributed by atoms with Gasteiger partial charge in [0.05, 0.1) is 5.52 Å². The number of aldehydes is 1. The third kappa shape index (κ3) is 2.41. The smallest absolute Gasteiger partial charge is 0.146 e. The minimum atomic E-state index is 0.228. The number of pyridine rings is 1. The fraction of sp³-hybridized carbons (Fsp3) is 0.200. The number of allylic oxidation sites excluding steroid dienone is 1. The Labute approximate surface area is 101 Å². The molecular weight excluding hydrogens is 210 g/mol. The lowest BCUT2D eigenvalue weighted by atomic mass is 10.0. The fourth-order valence-electron chi connectivity index (χ4n) is 1.76. The van der Waals surface area contributed by atoms with Crippen LogP contribution in [0.3, 0.4) is 0 Å². The first-order valence-electron chi connectivity index (χ1n) is 5.73. The average Bonchev–Trinajstić information content (AvgIpc) is 2.35. The van der Waals surface area contributed by atoms with Crippen molar-refractivity contribution in [3.05, 3.63) is 47.7 Å². The van der Waals surface area contributed by atoms with Crippen LogP contribution >= 0.6 is 0 Å². The topological polar surface area (TPSA) is 30.0 Å². The maximum absolute atomic E-state index is 11.0. The van der Waals surface area contributed by atoms with Gasteiger partial charge < -0.3 is 0 Å². The molecule has 2 aromatic rings. The first kappa shape index (κ1) is 11.5. The van der Waals surface area contributed by atoms with Crippen LogP contribution in [0.25, 0.3) is 17.0 Å². The molecule has 0 spiro atoms. The number of hydrogen-bond acceptors (Lipinski definition) is 2. The number of fused-ring (bicyclic) bond motifs is 1. The highest BCUT2D eigenvalue weighted by Gasteiger charge is 2.04. The van der Waals surface area contributed by atoms with Crippen LogP contribution < -0.4 is 0 Å². The maximum atomic E-state index is 11.0. The summed E-state index contributed by atoms with van der Waals surface area (Å²) < 4.78 is 0. The van der Waals surface area contributed by atoms with E-state index in [2.05, 4.69) is 4.98 Å². The van der Waals surface area contributed by atoms with Crippen molar-refractivity contribution in [2.45, 2.75) is 13.8 Å². The van der Waals surface area contributed by atoms with E-state index in [9.17, 15) is 4.79 Å². The molecular formula is C15H15NO. The second-order valence-corrected chi connectivity index (χ2v) is 4.34. The molecule has 0 fully saturated rings. The summed E-state index contributed by atoms with van der Waals surface area (Å²) in [5, 5.41) is 1.09. The Bertz CT molecular complexity index is 565. The molecule has 0 bridgehead atoms. The van der Waals surface area contributed by atoms with Gasteiger partial charge in [-0.05, 0) is 23.6 Å². The van der Waals surface area contributed by atoms with Crippen molar-refractivity contribution in [1.29, 1.82) is 0 Å². The van der Waals surface area contributed by atoms with Crippen LogP contribution in [0.4, 0.5) is 0 Å². The predicted octanol–water partition coefficient (Wildman–Crippen LogP) is 3.47. The Morgan fingerprint density at radius 3 is 2.71 bits per heavy atom. The van der Waals surface area contributed by atoms with Gasteiger partial charge in [0.25, 0.3) is 0 Å². The number of rotatable bonds is 3. The van der Waals surface area contributed by atoms with Gasteiger partial charge in [-0.3, -0.25) is 9.78 Å². The number of hydrogen-bond donors (Lipinski definition) is 0. The van der Waals surface area contributed by atoms with Gasteiger partial charge in [0.15, 0.2) is 0 Å². The molecule has 1 aromatic heterocycles. The van der Waals surface area contributed by atoms with Gasteiger partial charge in [-0.25, -0.2) is 0 Å². The molecule has 86 valence electrons. The van der Waals surface area contributed by atoms with Crippen molar-refractivity contribution in [3.8, 4) is 0 Å². The first-order valence-corrected chi connectivity index (χ1v) is 5.73. The number of benzene rings is 1. The molecule has 0 radical (unpaired) electrons. The first-order chi connectivity index (χ1) is 8.22. The van der Waals surface area contributed by atoms with Gasteiger partial charge in [0.2, 0.25) is 0 Å². The minimum Gasteiger partial charge on any atom is -0.298 e. The van der Waals surface area contributed by atoms with Crippen molar-refractivity contribution in [1.82, 2.24) is 4.98 Å². The normalized spacial score (nSPS) is 12.1. The minimum absolute atomic E-state index is 0.228. The SMILES string of the molecule is CC(C)C(C=O)=Cc1cccc2cccnc12. The molecule has 1 heterocycles. The monoisotopic (exact) mass is 225 g/mol. The van der Waals surface area contributed by atoms with Crippen molar-refractivity contribution in [3.63, 3.8) is 0 Å². The maximum Gasteiger partial charge on any atom is 0.146 e. The number of carbonyl (C=O) groups is 1. The molecule has 2 heteroatoms. The van der Waals surface area contributed by atoms with E-state index < -0.39 is 0 Å². The standard InChI is InChI=1S/C15H15NO/c1-11(2)14(10-17)9-13-6-3-5-12-7-4-8-16-15(12)13/h3-11H,1-2H3. The molecule has 0 saturated heterocycles. The summed E-state index contributed by atoms with van der Waals surface area (Å²) in [6.07, 6.45) is 4.62. The summed E-state index contributed by atoms with van der Waals surface area (Å²) in [6, 6.07) is 9.93. The van der Waals surface area contributed by atoms with Gasteiger partial charge in [0, 0.05) is 17.1 Å². The highest BCUT2D eigenvalue weighted by molar-refractivity contribution is 5.91. The van der Waals surface area contributed by atoms with Crippen molar-refractivity contribution >= 4 is 23.3 Å². The third-order valence-corrected chi connectivity index (χ3v) is 2.79. The van der Waals surface area contributed by atoms with E-state index in [0.717, 1.165) is 28.3 Å². The molecule has 0 aliphatic heterocycles. The Kier molecular flexibility index (Phi) is 3.33. The Morgan fingerprint density at radius 2 is 2.00 bits per heavy atom. The summed E-state index contributed by atoms with van der Waals surface area (Å²) in [4.78, 5) is 15.4. The lowest BCUT2D eigenvalue weighted by Crippen LogP contribution is -1.95. The van der Waals surface area contributed by atoms with Crippen LogP contribution in [0.5, 0.6) is 0 Å². The highest BCUT2D eigenvalue weighted by atomic mass is 16.1. The third-order valence-electron chi connectivity index (χ3n) is 2.79. The number of aromatic nitrogens is 1. The zero-order valence-corrected chi connectivity index (χ0v) is 10.1. The largest absolute Gasteiger partial charge is 0.298 e. The van der Waals surface area contributed by atoms with E-state index in [0.29, 0.717) is 0 Å².